The average molecular weight is 168 g/mol. The van der Waals surface area contributed by atoms with E-state index in [1.807, 2.05) is 0 Å². The quantitative estimate of drug-likeness (QED) is 0.602. The van der Waals surface area contributed by atoms with Crippen LogP contribution in [-0.4, -0.2) is 17.6 Å². The Hall–Kier alpha value is -0.865. The van der Waals surface area contributed by atoms with Crippen molar-refractivity contribution in [2.75, 3.05) is 0 Å². The van der Waals surface area contributed by atoms with E-state index in [0.29, 0.717) is 11.0 Å². The Morgan fingerprint density at radius 2 is 2.17 bits per heavy atom. The fourth-order valence-corrected chi connectivity index (χ4v) is 1.10. The van der Waals surface area contributed by atoms with E-state index in [1.165, 1.54) is 25.1 Å². The number of rotatable bonds is 2. The van der Waals surface area contributed by atoms with Crippen LogP contribution in [0, 0.1) is 5.82 Å². The fourth-order valence-electron chi connectivity index (χ4n) is 1.10. The number of aliphatic hydroxyl groups is 1. The molecule has 0 spiro atoms. The highest BCUT2D eigenvalue weighted by Gasteiger charge is 2.08. The van der Waals surface area contributed by atoms with Crippen molar-refractivity contribution in [1.82, 2.24) is 0 Å². The molecule has 0 aliphatic carbocycles. The molecule has 0 saturated carbocycles. The number of hydrogen-bond acceptors (Lipinski definition) is 2. The van der Waals surface area contributed by atoms with Crippen molar-refractivity contribution in [2.24, 2.45) is 0 Å². The molecule has 1 aromatic rings. The van der Waals surface area contributed by atoms with E-state index in [0.717, 1.165) is 0 Å². The van der Waals surface area contributed by atoms with Crippen molar-refractivity contribution in [3.05, 3.63) is 29.6 Å². The van der Waals surface area contributed by atoms with E-state index >= 15 is 0 Å². The minimum absolute atomic E-state index is 0.180. The summed E-state index contributed by atoms with van der Waals surface area (Å²) in [6.45, 7) is 1.54. The smallest absolute Gasteiger partial charge is 0.305 e. The van der Waals surface area contributed by atoms with Crippen molar-refractivity contribution in [3.8, 4) is 0 Å². The molecule has 0 radical (unpaired) electrons. The van der Waals surface area contributed by atoms with Gasteiger partial charge in [0.05, 0.1) is 6.10 Å². The summed E-state index contributed by atoms with van der Waals surface area (Å²) >= 11 is 0. The molecule has 0 bridgehead atoms. The summed E-state index contributed by atoms with van der Waals surface area (Å²) in [5, 5.41) is 18.0. The second-order valence-electron chi connectivity index (χ2n) is 2.68. The van der Waals surface area contributed by atoms with Crippen molar-refractivity contribution in [1.29, 1.82) is 0 Å². The molecule has 0 heterocycles. The minimum Gasteiger partial charge on any atom is -0.449 e. The van der Waals surface area contributed by atoms with Gasteiger partial charge in [0.25, 0.3) is 0 Å². The van der Waals surface area contributed by atoms with Crippen LogP contribution >= 0.6 is 0 Å². The molecule has 2 nitrogen and oxygen atoms in total. The van der Waals surface area contributed by atoms with Crippen LogP contribution in [0.3, 0.4) is 0 Å². The number of aliphatic hydroxyl groups excluding tert-OH is 1. The summed E-state index contributed by atoms with van der Waals surface area (Å²) in [4.78, 5) is 0. The second-order valence-corrected chi connectivity index (χ2v) is 2.68. The van der Waals surface area contributed by atoms with Crippen molar-refractivity contribution < 1.29 is 14.5 Å². The first-order valence-electron chi connectivity index (χ1n) is 3.72. The summed E-state index contributed by atoms with van der Waals surface area (Å²) in [7, 11) is -0.180. The van der Waals surface area contributed by atoms with Gasteiger partial charge in [-0.15, -0.1) is 0 Å². The molecular formula is C8H10BFO2. The SMILES string of the molecule is C[C@@H](O)c1cc(F)ccc1BO. The molecule has 0 aliphatic rings. The molecule has 2 N–H and O–H groups in total. The first-order valence-corrected chi connectivity index (χ1v) is 3.72. The van der Waals surface area contributed by atoms with Crippen LogP contribution in [-0.2, 0) is 0 Å². The third kappa shape index (κ3) is 1.84. The van der Waals surface area contributed by atoms with E-state index in [2.05, 4.69) is 0 Å². The Morgan fingerprint density at radius 3 is 2.67 bits per heavy atom. The molecule has 0 amide bonds. The maximum absolute atomic E-state index is 12.7. The molecule has 1 rings (SSSR count). The predicted molar refractivity (Wildman–Crippen MR) is 46.0 cm³/mol. The number of hydrogen-bond donors (Lipinski definition) is 2. The third-order valence-corrected chi connectivity index (χ3v) is 1.73. The molecule has 1 aromatic carbocycles. The molecule has 64 valence electrons. The van der Waals surface area contributed by atoms with Crippen LogP contribution in [0.25, 0.3) is 0 Å². The summed E-state index contributed by atoms with van der Waals surface area (Å²) in [6.07, 6.45) is -0.747. The summed E-state index contributed by atoms with van der Waals surface area (Å²) < 4.78 is 12.7. The van der Waals surface area contributed by atoms with Crippen LogP contribution in [0.15, 0.2) is 18.2 Å². The normalized spacial score (nSPS) is 12.7. The standard InChI is InChI=1S/C8H10BFO2/c1-5(11)7-4-6(10)2-3-8(7)9-12/h2-5,9,11-12H,1H3/t5-/m1/s1. The lowest BCUT2D eigenvalue weighted by Crippen LogP contribution is -2.20. The Bertz CT molecular complexity index is 276. The zero-order valence-electron chi connectivity index (χ0n) is 6.79. The summed E-state index contributed by atoms with van der Waals surface area (Å²) in [5.41, 5.74) is 1.00. The predicted octanol–water partition coefficient (Wildman–Crippen LogP) is -0.152. The Kier molecular flexibility index (Phi) is 2.84. The van der Waals surface area contributed by atoms with Gasteiger partial charge in [0, 0.05) is 0 Å². The van der Waals surface area contributed by atoms with Crippen molar-refractivity contribution >= 4 is 12.9 Å². The third-order valence-electron chi connectivity index (χ3n) is 1.73. The molecule has 0 aromatic heterocycles. The molecule has 0 aliphatic heterocycles. The maximum atomic E-state index is 12.7. The molecule has 0 unspecified atom stereocenters. The van der Waals surface area contributed by atoms with Crippen LogP contribution in [0.1, 0.15) is 18.6 Å². The van der Waals surface area contributed by atoms with Gasteiger partial charge in [0.15, 0.2) is 0 Å². The zero-order chi connectivity index (χ0) is 9.14. The lowest BCUT2D eigenvalue weighted by molar-refractivity contribution is 0.200. The first kappa shape index (κ1) is 9.22. The Labute approximate surface area is 70.9 Å². The Balaban J connectivity index is 3.12. The molecule has 4 heteroatoms. The molecule has 12 heavy (non-hydrogen) atoms. The van der Waals surface area contributed by atoms with Crippen molar-refractivity contribution in [3.63, 3.8) is 0 Å². The van der Waals surface area contributed by atoms with Gasteiger partial charge < -0.3 is 10.1 Å². The molecule has 1 atom stereocenters. The van der Waals surface area contributed by atoms with Crippen molar-refractivity contribution in [2.45, 2.75) is 13.0 Å². The van der Waals surface area contributed by atoms with Crippen LogP contribution < -0.4 is 5.46 Å². The lowest BCUT2D eigenvalue weighted by Gasteiger charge is -2.08. The highest BCUT2D eigenvalue weighted by atomic mass is 19.1. The molecule has 0 saturated heterocycles. The van der Waals surface area contributed by atoms with Gasteiger partial charge in [-0.25, -0.2) is 4.39 Å². The van der Waals surface area contributed by atoms with E-state index in [1.54, 1.807) is 0 Å². The monoisotopic (exact) mass is 168 g/mol. The fraction of sp³-hybridized carbons (Fsp3) is 0.250. The van der Waals surface area contributed by atoms with E-state index in [9.17, 15) is 9.50 Å². The maximum Gasteiger partial charge on any atom is 0.305 e. The van der Waals surface area contributed by atoms with Gasteiger partial charge >= 0.3 is 7.48 Å². The van der Waals surface area contributed by atoms with Gasteiger partial charge in [-0.2, -0.15) is 0 Å². The highest BCUT2D eigenvalue weighted by Crippen LogP contribution is 2.10. The second kappa shape index (κ2) is 3.69. The summed E-state index contributed by atoms with van der Waals surface area (Å²) in [5.74, 6) is -0.400. The molecular weight excluding hydrogens is 158 g/mol. The minimum atomic E-state index is -0.747. The topological polar surface area (TPSA) is 40.5 Å². The van der Waals surface area contributed by atoms with E-state index < -0.39 is 11.9 Å². The van der Waals surface area contributed by atoms with Crippen LogP contribution in [0.4, 0.5) is 4.39 Å². The largest absolute Gasteiger partial charge is 0.449 e. The summed E-state index contributed by atoms with van der Waals surface area (Å²) in [6, 6.07) is 3.96. The zero-order valence-corrected chi connectivity index (χ0v) is 6.79. The van der Waals surface area contributed by atoms with Gasteiger partial charge in [0.2, 0.25) is 0 Å². The van der Waals surface area contributed by atoms with E-state index in [4.69, 9.17) is 5.02 Å². The average Bonchev–Trinajstić information content (AvgIpc) is 2.04. The van der Waals surface area contributed by atoms with Gasteiger partial charge in [-0.3, -0.25) is 0 Å². The first-order chi connectivity index (χ1) is 5.65. The van der Waals surface area contributed by atoms with Gasteiger partial charge in [-0.05, 0) is 30.1 Å². The Morgan fingerprint density at radius 1 is 1.50 bits per heavy atom. The van der Waals surface area contributed by atoms with Crippen LogP contribution in [0.5, 0.6) is 0 Å². The molecule has 0 fully saturated rings. The number of halogens is 1. The van der Waals surface area contributed by atoms with Crippen LogP contribution in [0.2, 0.25) is 0 Å². The van der Waals surface area contributed by atoms with E-state index in [-0.39, 0.29) is 7.48 Å². The van der Waals surface area contributed by atoms with Gasteiger partial charge in [-0.1, -0.05) is 6.07 Å². The lowest BCUT2D eigenvalue weighted by atomic mass is 9.83. The van der Waals surface area contributed by atoms with Gasteiger partial charge in [0.1, 0.15) is 5.82 Å². The number of benzene rings is 1. The highest BCUT2D eigenvalue weighted by molar-refractivity contribution is 6.46.